The minimum absolute atomic E-state index is 0.0548. The predicted molar refractivity (Wildman–Crippen MR) is 98.4 cm³/mol. The summed E-state index contributed by atoms with van der Waals surface area (Å²) in [7, 11) is 0. The molecule has 1 aromatic rings. The van der Waals surface area contributed by atoms with Crippen molar-refractivity contribution in [2.75, 3.05) is 19.7 Å². The van der Waals surface area contributed by atoms with Gasteiger partial charge in [0.1, 0.15) is 11.4 Å². The van der Waals surface area contributed by atoms with E-state index in [9.17, 15) is 9.18 Å². The smallest absolute Gasteiger partial charge is 0.410 e. The number of carbonyl (C=O) groups is 1. The highest BCUT2D eigenvalue weighted by molar-refractivity contribution is 5.69. The standard InChI is InChI=1S/C20H29FN2O4/c1-13(2)25-10-14-6-7-17(21)16(8-14)20-12-23(9-15(20)11-26-22-20)18(24)27-19(3,4)5/h6-8,13,15,22H,9-12H2,1-5H3/t15-,20-/m0/s1. The Morgan fingerprint density at radius 2 is 2.19 bits per heavy atom. The lowest BCUT2D eigenvalue weighted by molar-refractivity contribution is 0.0148. The van der Waals surface area contributed by atoms with Crippen molar-refractivity contribution in [1.82, 2.24) is 10.4 Å². The zero-order valence-electron chi connectivity index (χ0n) is 16.7. The largest absolute Gasteiger partial charge is 0.444 e. The van der Waals surface area contributed by atoms with Gasteiger partial charge in [-0.15, -0.1) is 0 Å². The first-order valence-corrected chi connectivity index (χ1v) is 9.38. The van der Waals surface area contributed by atoms with Crippen LogP contribution < -0.4 is 5.48 Å². The molecule has 2 aliphatic rings. The molecule has 2 fully saturated rings. The summed E-state index contributed by atoms with van der Waals surface area (Å²) in [6.07, 6.45) is -0.302. The Morgan fingerprint density at radius 1 is 1.44 bits per heavy atom. The van der Waals surface area contributed by atoms with E-state index in [0.717, 1.165) is 5.56 Å². The second kappa shape index (κ2) is 7.37. The van der Waals surface area contributed by atoms with Crippen molar-refractivity contribution < 1.29 is 23.5 Å². The van der Waals surface area contributed by atoms with Crippen LogP contribution >= 0.6 is 0 Å². The Balaban J connectivity index is 1.86. The Kier molecular flexibility index (Phi) is 5.47. The molecule has 6 nitrogen and oxygen atoms in total. The fraction of sp³-hybridized carbons (Fsp3) is 0.650. The van der Waals surface area contributed by atoms with E-state index >= 15 is 0 Å². The third-order valence-electron chi connectivity index (χ3n) is 4.86. The third kappa shape index (κ3) is 4.25. The lowest BCUT2D eigenvalue weighted by Crippen LogP contribution is -2.45. The number of halogens is 1. The molecular weight excluding hydrogens is 351 g/mol. The maximum Gasteiger partial charge on any atom is 0.410 e. The zero-order valence-corrected chi connectivity index (χ0v) is 16.7. The molecule has 1 amide bonds. The molecule has 0 bridgehead atoms. The molecule has 2 atom stereocenters. The predicted octanol–water partition coefficient (Wildman–Crippen LogP) is 3.35. The van der Waals surface area contributed by atoms with Gasteiger partial charge in [0, 0.05) is 24.6 Å². The lowest BCUT2D eigenvalue weighted by Gasteiger charge is -2.29. The Morgan fingerprint density at radius 3 is 2.85 bits per heavy atom. The van der Waals surface area contributed by atoms with Gasteiger partial charge < -0.3 is 19.2 Å². The van der Waals surface area contributed by atoms with Crippen molar-refractivity contribution in [2.24, 2.45) is 5.92 Å². The first-order chi connectivity index (χ1) is 12.6. The van der Waals surface area contributed by atoms with Crippen LogP contribution in [0.3, 0.4) is 0 Å². The van der Waals surface area contributed by atoms with Crippen molar-refractivity contribution in [3.8, 4) is 0 Å². The fourth-order valence-corrected chi connectivity index (χ4v) is 3.59. The Bertz CT molecular complexity index is 704. The van der Waals surface area contributed by atoms with E-state index in [4.69, 9.17) is 14.3 Å². The molecule has 27 heavy (non-hydrogen) atoms. The number of ether oxygens (including phenoxy) is 2. The van der Waals surface area contributed by atoms with Crippen LogP contribution in [0.25, 0.3) is 0 Å². The summed E-state index contributed by atoms with van der Waals surface area (Å²) in [6.45, 7) is 11.0. The molecule has 0 aliphatic carbocycles. The number of likely N-dealkylation sites (tertiary alicyclic amines) is 1. The maximum absolute atomic E-state index is 14.8. The Hall–Kier alpha value is -1.70. The molecule has 3 rings (SSSR count). The van der Waals surface area contributed by atoms with Gasteiger partial charge in [0.25, 0.3) is 0 Å². The van der Waals surface area contributed by atoms with E-state index in [-0.39, 0.29) is 24.4 Å². The second-order valence-corrected chi connectivity index (χ2v) is 8.62. The van der Waals surface area contributed by atoms with E-state index in [2.05, 4.69) is 5.48 Å². The van der Waals surface area contributed by atoms with Gasteiger partial charge in [-0.25, -0.2) is 9.18 Å². The van der Waals surface area contributed by atoms with Crippen molar-refractivity contribution in [3.63, 3.8) is 0 Å². The first-order valence-electron chi connectivity index (χ1n) is 9.38. The van der Waals surface area contributed by atoms with Gasteiger partial charge in [-0.05, 0) is 52.3 Å². The molecule has 0 aromatic heterocycles. The van der Waals surface area contributed by atoms with Gasteiger partial charge in [0.2, 0.25) is 0 Å². The third-order valence-corrected chi connectivity index (χ3v) is 4.86. The van der Waals surface area contributed by atoms with E-state index in [0.29, 0.717) is 25.3 Å². The molecule has 7 heteroatoms. The molecule has 1 N–H and O–H groups in total. The monoisotopic (exact) mass is 380 g/mol. The van der Waals surface area contributed by atoms with Crippen molar-refractivity contribution >= 4 is 6.09 Å². The molecule has 2 saturated heterocycles. The topological polar surface area (TPSA) is 60.0 Å². The summed E-state index contributed by atoms with van der Waals surface area (Å²) in [5.74, 6) is -0.377. The SMILES string of the molecule is CC(C)OCc1ccc(F)c([C@]23CN(C(=O)OC(C)(C)C)C[C@H]2CON3)c1. The molecule has 0 radical (unpaired) electrons. The van der Waals surface area contributed by atoms with Crippen LogP contribution in [0.15, 0.2) is 18.2 Å². The number of hydrogen-bond acceptors (Lipinski definition) is 5. The number of amides is 1. The number of hydrogen-bond donors (Lipinski definition) is 1. The van der Waals surface area contributed by atoms with Gasteiger partial charge in [-0.3, -0.25) is 0 Å². The van der Waals surface area contributed by atoms with Crippen molar-refractivity contribution in [1.29, 1.82) is 0 Å². The highest BCUT2D eigenvalue weighted by atomic mass is 19.1. The molecule has 2 aliphatic heterocycles. The van der Waals surface area contributed by atoms with Crippen LogP contribution in [-0.2, 0) is 26.5 Å². The van der Waals surface area contributed by atoms with Crippen LogP contribution in [0.2, 0.25) is 0 Å². The number of fused-ring (bicyclic) bond motifs is 1. The van der Waals surface area contributed by atoms with Crippen LogP contribution in [0, 0.1) is 11.7 Å². The quantitative estimate of drug-likeness (QED) is 0.868. The van der Waals surface area contributed by atoms with Crippen molar-refractivity contribution in [3.05, 3.63) is 35.1 Å². The maximum atomic E-state index is 14.8. The highest BCUT2D eigenvalue weighted by Crippen LogP contribution is 2.42. The summed E-state index contributed by atoms with van der Waals surface area (Å²) in [6, 6.07) is 4.99. The highest BCUT2D eigenvalue weighted by Gasteiger charge is 2.55. The average Bonchev–Trinajstić information content (AvgIpc) is 3.10. The molecule has 1 aromatic carbocycles. The molecule has 150 valence electrons. The lowest BCUT2D eigenvalue weighted by atomic mass is 9.81. The molecule has 0 unspecified atom stereocenters. The number of carbonyl (C=O) groups excluding carboxylic acids is 1. The van der Waals surface area contributed by atoms with Gasteiger partial charge in [-0.1, -0.05) is 6.07 Å². The second-order valence-electron chi connectivity index (χ2n) is 8.62. The molecular formula is C20H29FN2O4. The van der Waals surface area contributed by atoms with Crippen LogP contribution in [-0.4, -0.2) is 42.4 Å². The minimum atomic E-state index is -0.783. The van der Waals surface area contributed by atoms with Crippen LogP contribution in [0.1, 0.15) is 45.7 Å². The number of benzene rings is 1. The van der Waals surface area contributed by atoms with Gasteiger partial charge >= 0.3 is 6.09 Å². The number of hydroxylamine groups is 1. The van der Waals surface area contributed by atoms with Crippen molar-refractivity contribution in [2.45, 2.75) is 58.5 Å². The van der Waals surface area contributed by atoms with Crippen LogP contribution in [0.5, 0.6) is 0 Å². The number of nitrogens with zero attached hydrogens (tertiary/aromatic N) is 1. The minimum Gasteiger partial charge on any atom is -0.444 e. The summed E-state index contributed by atoms with van der Waals surface area (Å²) >= 11 is 0. The van der Waals surface area contributed by atoms with E-state index < -0.39 is 17.2 Å². The summed E-state index contributed by atoms with van der Waals surface area (Å²) in [5, 5.41) is 0. The molecule has 0 spiro atoms. The number of nitrogens with one attached hydrogen (secondary N) is 1. The molecule has 0 saturated carbocycles. The fourth-order valence-electron chi connectivity index (χ4n) is 3.59. The Labute approximate surface area is 159 Å². The van der Waals surface area contributed by atoms with E-state index in [1.54, 1.807) is 11.0 Å². The summed E-state index contributed by atoms with van der Waals surface area (Å²) in [5.41, 5.74) is 3.03. The van der Waals surface area contributed by atoms with Gasteiger partial charge in [0.05, 0.1) is 24.9 Å². The number of rotatable bonds is 4. The summed E-state index contributed by atoms with van der Waals surface area (Å²) < 4.78 is 25.9. The summed E-state index contributed by atoms with van der Waals surface area (Å²) in [4.78, 5) is 19.6. The normalized spacial score (nSPS) is 25.1. The average molecular weight is 380 g/mol. The van der Waals surface area contributed by atoms with E-state index in [1.165, 1.54) is 6.07 Å². The van der Waals surface area contributed by atoms with Crippen LogP contribution in [0.4, 0.5) is 9.18 Å². The first kappa shape index (κ1) is 20.0. The van der Waals surface area contributed by atoms with Gasteiger partial charge in [0.15, 0.2) is 0 Å². The van der Waals surface area contributed by atoms with Gasteiger partial charge in [-0.2, -0.15) is 5.48 Å². The van der Waals surface area contributed by atoms with E-state index in [1.807, 2.05) is 40.7 Å². The zero-order chi connectivity index (χ0) is 19.8. The molecule has 2 heterocycles.